The zero-order chi connectivity index (χ0) is 18.5. The number of hydrogen-bond acceptors (Lipinski definition) is 4. The Hall–Kier alpha value is -1.71. The molecule has 0 aliphatic rings. The van der Waals surface area contributed by atoms with E-state index in [1.165, 1.54) is 26.0 Å². The molecule has 7 nitrogen and oxygen atoms in total. The Labute approximate surface area is 144 Å². The fraction of sp³-hybridized carbons (Fsp3) is 0.429. The molecule has 24 heavy (non-hydrogen) atoms. The van der Waals surface area contributed by atoms with Crippen molar-refractivity contribution in [3.8, 4) is 0 Å². The molecule has 0 saturated heterocycles. The summed E-state index contributed by atoms with van der Waals surface area (Å²) in [6.45, 7) is 2.13. The summed E-state index contributed by atoms with van der Waals surface area (Å²) in [4.78, 5) is 22.1. The number of carbonyl (C=O) groups excluding carboxylic acids is 1. The van der Waals surface area contributed by atoms with Gasteiger partial charge in [-0.1, -0.05) is 11.6 Å². The van der Waals surface area contributed by atoms with Gasteiger partial charge in [-0.3, -0.25) is 9.59 Å². The number of amides is 1. The van der Waals surface area contributed by atoms with Crippen LogP contribution in [0.1, 0.15) is 19.4 Å². The van der Waals surface area contributed by atoms with Gasteiger partial charge in [-0.05, 0) is 25.1 Å². The second kappa shape index (κ2) is 8.41. The molecular formula is C14H18ClFN2O5S. The minimum atomic E-state index is -4.15. The summed E-state index contributed by atoms with van der Waals surface area (Å²) in [7, 11) is -4.15. The van der Waals surface area contributed by atoms with Gasteiger partial charge in [-0.2, -0.15) is 4.31 Å². The Bertz CT molecular complexity index is 726. The quantitative estimate of drug-likeness (QED) is 0.705. The molecule has 1 aromatic rings. The van der Waals surface area contributed by atoms with Gasteiger partial charge < -0.3 is 10.4 Å². The van der Waals surface area contributed by atoms with Gasteiger partial charge in [0, 0.05) is 30.6 Å². The molecule has 1 rings (SSSR count). The van der Waals surface area contributed by atoms with Crippen LogP contribution in [0, 0.1) is 5.82 Å². The molecule has 0 aliphatic carbocycles. The molecule has 2 N–H and O–H groups in total. The summed E-state index contributed by atoms with van der Waals surface area (Å²) >= 11 is 5.74. The smallest absolute Gasteiger partial charge is 0.321 e. The number of aliphatic carboxylic acids is 1. The average Bonchev–Trinajstić information content (AvgIpc) is 2.46. The molecule has 0 fully saturated rings. The van der Waals surface area contributed by atoms with E-state index in [1.807, 2.05) is 0 Å². The number of hydrogen-bond donors (Lipinski definition) is 2. The van der Waals surface area contributed by atoms with Crippen LogP contribution in [0.2, 0.25) is 5.02 Å². The number of nitrogens with zero attached hydrogens (tertiary/aromatic N) is 1. The third-order valence-electron chi connectivity index (χ3n) is 3.20. The minimum absolute atomic E-state index is 0.0653. The van der Waals surface area contributed by atoms with Crippen molar-refractivity contribution >= 4 is 33.5 Å². The molecule has 10 heteroatoms. The molecule has 0 bridgehead atoms. The fourth-order valence-corrected chi connectivity index (χ4v) is 3.89. The van der Waals surface area contributed by atoms with Gasteiger partial charge in [-0.15, -0.1) is 0 Å². The van der Waals surface area contributed by atoms with E-state index in [-0.39, 0.29) is 29.6 Å². The zero-order valence-electron chi connectivity index (χ0n) is 13.1. The van der Waals surface area contributed by atoms with Crippen molar-refractivity contribution < 1.29 is 27.5 Å². The highest BCUT2D eigenvalue weighted by Gasteiger charge is 2.32. The van der Waals surface area contributed by atoms with E-state index in [2.05, 4.69) is 5.32 Å². The summed E-state index contributed by atoms with van der Waals surface area (Å²) in [6.07, 6.45) is 0. The third kappa shape index (κ3) is 5.73. The van der Waals surface area contributed by atoms with Gasteiger partial charge in [0.15, 0.2) is 0 Å². The Morgan fingerprint density at radius 2 is 2.04 bits per heavy atom. The number of nitrogens with one attached hydrogen (secondary N) is 1. The Balaban J connectivity index is 3.06. The maximum absolute atomic E-state index is 13.8. The first-order valence-corrected chi connectivity index (χ1v) is 8.94. The number of carbonyl (C=O) groups is 2. The van der Waals surface area contributed by atoms with Crippen molar-refractivity contribution in [3.63, 3.8) is 0 Å². The number of rotatable bonds is 8. The van der Waals surface area contributed by atoms with Gasteiger partial charge in [0.25, 0.3) is 0 Å². The fourth-order valence-electron chi connectivity index (χ4n) is 1.97. The molecule has 0 saturated carbocycles. The first-order chi connectivity index (χ1) is 11.0. The lowest BCUT2D eigenvalue weighted by Gasteiger charge is -2.26. The highest BCUT2D eigenvalue weighted by atomic mass is 35.5. The van der Waals surface area contributed by atoms with E-state index in [9.17, 15) is 22.4 Å². The van der Waals surface area contributed by atoms with Crippen LogP contribution in [-0.2, 0) is 25.4 Å². The lowest BCUT2D eigenvalue weighted by Crippen LogP contribution is -2.47. The maximum atomic E-state index is 13.8. The van der Waals surface area contributed by atoms with Crippen LogP contribution in [0.4, 0.5) is 4.39 Å². The number of carboxylic acid groups (broad SMARTS) is 1. The first kappa shape index (κ1) is 20.3. The van der Waals surface area contributed by atoms with E-state index in [0.29, 0.717) is 4.31 Å². The van der Waals surface area contributed by atoms with Crippen molar-refractivity contribution in [2.24, 2.45) is 0 Å². The van der Waals surface area contributed by atoms with Crippen molar-refractivity contribution in [1.82, 2.24) is 9.62 Å². The summed E-state index contributed by atoms with van der Waals surface area (Å²) in [5, 5.41) is 11.7. The minimum Gasteiger partial charge on any atom is -0.480 e. The summed E-state index contributed by atoms with van der Waals surface area (Å²) < 4.78 is 39.5. The molecule has 0 aromatic heterocycles. The topological polar surface area (TPSA) is 104 Å². The van der Waals surface area contributed by atoms with E-state index < -0.39 is 33.6 Å². The average molecular weight is 381 g/mol. The molecule has 1 atom stereocenters. The predicted octanol–water partition coefficient (Wildman–Crippen LogP) is 1.22. The van der Waals surface area contributed by atoms with Crippen LogP contribution in [0.3, 0.4) is 0 Å². The van der Waals surface area contributed by atoms with Gasteiger partial charge in [-0.25, -0.2) is 12.8 Å². The molecule has 0 radical (unpaired) electrons. The van der Waals surface area contributed by atoms with Gasteiger partial charge in [0.2, 0.25) is 15.9 Å². The van der Waals surface area contributed by atoms with Crippen molar-refractivity contribution in [3.05, 3.63) is 34.6 Å². The normalized spacial score (nSPS) is 12.9. The van der Waals surface area contributed by atoms with E-state index in [4.69, 9.17) is 16.7 Å². The van der Waals surface area contributed by atoms with Crippen molar-refractivity contribution in [2.75, 3.05) is 13.1 Å². The summed E-state index contributed by atoms with van der Waals surface area (Å²) in [6, 6.07) is 2.12. The maximum Gasteiger partial charge on any atom is 0.321 e. The number of benzene rings is 1. The monoisotopic (exact) mass is 380 g/mol. The SMILES string of the molecule is CC(=O)NCCN(C(C)C(=O)O)S(=O)(=O)Cc1cc(Cl)ccc1F. The van der Waals surface area contributed by atoms with Gasteiger partial charge >= 0.3 is 5.97 Å². The molecule has 0 heterocycles. The van der Waals surface area contributed by atoms with Crippen LogP contribution in [0.15, 0.2) is 18.2 Å². The molecule has 1 amide bonds. The summed E-state index contributed by atoms with van der Waals surface area (Å²) in [5.74, 6) is -3.23. The van der Waals surface area contributed by atoms with E-state index in [0.717, 1.165) is 6.07 Å². The second-order valence-corrected chi connectivity index (χ2v) is 7.46. The van der Waals surface area contributed by atoms with E-state index >= 15 is 0 Å². The second-order valence-electron chi connectivity index (χ2n) is 5.10. The predicted molar refractivity (Wildman–Crippen MR) is 86.5 cm³/mol. The molecular weight excluding hydrogens is 363 g/mol. The van der Waals surface area contributed by atoms with Crippen LogP contribution < -0.4 is 5.32 Å². The lowest BCUT2D eigenvalue weighted by molar-refractivity contribution is -0.140. The molecule has 0 spiro atoms. The molecule has 0 aliphatic heterocycles. The Morgan fingerprint density at radius 3 is 2.58 bits per heavy atom. The first-order valence-electron chi connectivity index (χ1n) is 6.95. The zero-order valence-corrected chi connectivity index (χ0v) is 14.7. The highest BCUT2D eigenvalue weighted by Crippen LogP contribution is 2.20. The van der Waals surface area contributed by atoms with Gasteiger partial charge in [0.05, 0.1) is 5.75 Å². The Morgan fingerprint density at radius 1 is 1.42 bits per heavy atom. The third-order valence-corrected chi connectivity index (χ3v) is 5.32. The summed E-state index contributed by atoms with van der Waals surface area (Å²) in [5.41, 5.74) is -0.162. The largest absolute Gasteiger partial charge is 0.480 e. The van der Waals surface area contributed by atoms with Gasteiger partial charge in [0.1, 0.15) is 11.9 Å². The number of carboxylic acids is 1. The van der Waals surface area contributed by atoms with Crippen LogP contribution in [0.5, 0.6) is 0 Å². The number of halogens is 2. The molecule has 1 unspecified atom stereocenters. The van der Waals surface area contributed by atoms with E-state index in [1.54, 1.807) is 0 Å². The number of sulfonamides is 1. The van der Waals surface area contributed by atoms with Crippen molar-refractivity contribution in [1.29, 1.82) is 0 Å². The Kier molecular flexibility index (Phi) is 7.12. The van der Waals surface area contributed by atoms with Crippen molar-refractivity contribution in [2.45, 2.75) is 25.6 Å². The molecule has 1 aromatic carbocycles. The van der Waals surface area contributed by atoms with Crippen LogP contribution >= 0.6 is 11.6 Å². The van der Waals surface area contributed by atoms with Crippen LogP contribution in [0.25, 0.3) is 0 Å². The van der Waals surface area contributed by atoms with Crippen LogP contribution in [-0.4, -0.2) is 48.8 Å². The highest BCUT2D eigenvalue weighted by molar-refractivity contribution is 7.88. The molecule has 134 valence electrons. The standard InChI is InChI=1S/C14H18ClFN2O5S/c1-9(14(20)21)18(6-5-17-10(2)19)24(22,23)8-11-7-12(15)3-4-13(11)16/h3-4,7,9H,5-6,8H2,1-2H3,(H,17,19)(H,20,21). The lowest BCUT2D eigenvalue weighted by atomic mass is 10.2.